The molecule has 0 radical (unpaired) electrons. The molecule has 0 aromatic heterocycles. The van der Waals surface area contributed by atoms with Gasteiger partial charge in [-0.3, -0.25) is 0 Å². The van der Waals surface area contributed by atoms with Crippen molar-refractivity contribution in [3.05, 3.63) is 102 Å². The van der Waals surface area contributed by atoms with Crippen LogP contribution in [0.15, 0.2) is 91.0 Å². The maximum atomic E-state index is 10.2. The van der Waals surface area contributed by atoms with Crippen molar-refractivity contribution < 1.29 is 0 Å². The van der Waals surface area contributed by atoms with Crippen LogP contribution in [0.3, 0.4) is 0 Å². The zero-order chi connectivity index (χ0) is 18.5. The van der Waals surface area contributed by atoms with Crippen LogP contribution in [0.1, 0.15) is 36.1 Å². The molecule has 0 amide bonds. The fourth-order valence-corrected chi connectivity index (χ4v) is 3.96. The molecule has 0 aliphatic carbocycles. The Labute approximate surface area is 160 Å². The summed E-state index contributed by atoms with van der Waals surface area (Å²) in [4.78, 5) is 0. The first-order valence-corrected chi connectivity index (χ1v) is 9.38. The van der Waals surface area contributed by atoms with E-state index in [4.69, 9.17) is 0 Å². The zero-order valence-corrected chi connectivity index (χ0v) is 15.2. The summed E-state index contributed by atoms with van der Waals surface area (Å²) >= 11 is 0. The number of benzene rings is 3. The molecule has 1 fully saturated rings. The number of nitrogens with zero attached hydrogens (tertiary/aromatic N) is 1. The molecule has 3 heteroatoms. The zero-order valence-electron chi connectivity index (χ0n) is 15.2. The first-order valence-electron chi connectivity index (χ1n) is 9.38. The Kier molecular flexibility index (Phi) is 4.91. The minimum absolute atomic E-state index is 0.112. The monoisotopic (exact) mass is 353 g/mol. The maximum absolute atomic E-state index is 10.2. The Bertz CT molecular complexity index is 853. The summed E-state index contributed by atoms with van der Waals surface area (Å²) in [6, 6.07) is 33.7. The fourth-order valence-electron chi connectivity index (χ4n) is 3.96. The smallest absolute Gasteiger partial charge is 0.129 e. The lowest BCUT2D eigenvalue weighted by Crippen LogP contribution is -2.49. The van der Waals surface area contributed by atoms with Crippen LogP contribution in [0.4, 0.5) is 5.69 Å². The lowest BCUT2D eigenvalue weighted by molar-refractivity contribution is 0.267. The van der Waals surface area contributed by atoms with Gasteiger partial charge in [-0.2, -0.15) is 5.26 Å². The van der Waals surface area contributed by atoms with Crippen LogP contribution in [0.25, 0.3) is 0 Å². The second-order valence-corrected chi connectivity index (χ2v) is 7.19. The van der Waals surface area contributed by atoms with E-state index in [0.717, 1.165) is 5.69 Å². The van der Waals surface area contributed by atoms with Crippen LogP contribution in [-0.2, 0) is 0 Å². The van der Waals surface area contributed by atoms with E-state index in [2.05, 4.69) is 65.2 Å². The summed E-state index contributed by atoms with van der Waals surface area (Å²) in [6.45, 7) is 0. The predicted molar refractivity (Wildman–Crippen MR) is 109 cm³/mol. The van der Waals surface area contributed by atoms with Gasteiger partial charge in [0, 0.05) is 30.6 Å². The minimum atomic E-state index is -0.631. The van der Waals surface area contributed by atoms with E-state index in [1.807, 2.05) is 42.5 Å². The van der Waals surface area contributed by atoms with Crippen molar-refractivity contribution in [2.75, 3.05) is 5.32 Å². The van der Waals surface area contributed by atoms with Gasteiger partial charge in [0.25, 0.3) is 0 Å². The molecule has 4 rings (SSSR count). The Morgan fingerprint density at radius 2 is 1.19 bits per heavy atom. The van der Waals surface area contributed by atoms with Crippen molar-refractivity contribution in [1.29, 1.82) is 5.26 Å². The molecule has 1 unspecified atom stereocenters. The lowest BCUT2D eigenvalue weighted by atomic mass is 9.77. The van der Waals surface area contributed by atoms with E-state index in [9.17, 15) is 5.26 Å². The highest BCUT2D eigenvalue weighted by Crippen LogP contribution is 2.40. The Hall–Kier alpha value is -3.09. The van der Waals surface area contributed by atoms with E-state index >= 15 is 0 Å². The number of para-hydroxylation sites is 1. The highest BCUT2D eigenvalue weighted by molar-refractivity contribution is 5.48. The molecule has 3 atom stereocenters. The number of anilines is 1. The van der Waals surface area contributed by atoms with Gasteiger partial charge < -0.3 is 10.6 Å². The number of rotatable bonds is 4. The molecule has 1 saturated heterocycles. The minimum Gasteiger partial charge on any atom is -0.367 e. The largest absolute Gasteiger partial charge is 0.367 e. The topological polar surface area (TPSA) is 47.9 Å². The van der Waals surface area contributed by atoms with Crippen molar-refractivity contribution >= 4 is 5.69 Å². The molecule has 1 aliphatic rings. The third-order valence-corrected chi connectivity index (χ3v) is 5.28. The normalized spacial score (nSPS) is 24.7. The van der Waals surface area contributed by atoms with Crippen LogP contribution < -0.4 is 10.6 Å². The Balaban J connectivity index is 1.70. The third kappa shape index (κ3) is 3.86. The van der Waals surface area contributed by atoms with E-state index in [1.54, 1.807) is 0 Å². The van der Waals surface area contributed by atoms with Crippen LogP contribution >= 0.6 is 0 Å². The van der Waals surface area contributed by atoms with Crippen LogP contribution in [0, 0.1) is 11.3 Å². The number of nitriles is 1. The van der Waals surface area contributed by atoms with E-state index in [0.29, 0.717) is 12.8 Å². The third-order valence-electron chi connectivity index (χ3n) is 5.28. The highest BCUT2D eigenvalue weighted by atomic mass is 15.1. The summed E-state index contributed by atoms with van der Waals surface area (Å²) in [6.07, 6.45) is 1.43. The molecule has 2 N–H and O–H groups in total. The van der Waals surface area contributed by atoms with Gasteiger partial charge in [-0.1, -0.05) is 78.9 Å². The summed E-state index contributed by atoms with van der Waals surface area (Å²) < 4.78 is 0. The van der Waals surface area contributed by atoms with Crippen molar-refractivity contribution in [1.82, 2.24) is 5.32 Å². The average molecular weight is 353 g/mol. The first-order chi connectivity index (χ1) is 13.3. The van der Waals surface area contributed by atoms with Crippen molar-refractivity contribution in [3.63, 3.8) is 0 Å². The van der Waals surface area contributed by atoms with Gasteiger partial charge in [0.05, 0.1) is 6.07 Å². The SMILES string of the molecule is N#CC1(Nc2ccccc2)C[C@@H](c2ccccc2)N[C@@H](c2ccccc2)C1. The summed E-state index contributed by atoms with van der Waals surface area (Å²) in [7, 11) is 0. The van der Waals surface area contributed by atoms with Gasteiger partial charge in [0.15, 0.2) is 0 Å². The molecule has 0 saturated carbocycles. The van der Waals surface area contributed by atoms with E-state index in [1.165, 1.54) is 11.1 Å². The van der Waals surface area contributed by atoms with Crippen LogP contribution in [-0.4, -0.2) is 5.54 Å². The molecular weight excluding hydrogens is 330 g/mol. The molecule has 1 aliphatic heterocycles. The second-order valence-electron chi connectivity index (χ2n) is 7.19. The van der Waals surface area contributed by atoms with Crippen LogP contribution in [0.2, 0.25) is 0 Å². The molecule has 3 nitrogen and oxygen atoms in total. The van der Waals surface area contributed by atoms with Crippen molar-refractivity contribution in [2.24, 2.45) is 0 Å². The highest BCUT2D eigenvalue weighted by Gasteiger charge is 2.41. The Morgan fingerprint density at radius 1 is 0.741 bits per heavy atom. The average Bonchev–Trinajstić information content (AvgIpc) is 2.75. The van der Waals surface area contributed by atoms with Crippen molar-refractivity contribution in [3.8, 4) is 6.07 Å². The second kappa shape index (κ2) is 7.65. The quantitative estimate of drug-likeness (QED) is 0.675. The molecular formula is C24H23N3. The number of hydrogen-bond acceptors (Lipinski definition) is 3. The first kappa shape index (κ1) is 17.3. The molecule has 27 heavy (non-hydrogen) atoms. The van der Waals surface area contributed by atoms with Gasteiger partial charge in [-0.15, -0.1) is 0 Å². The van der Waals surface area contributed by atoms with Crippen LogP contribution in [0.5, 0.6) is 0 Å². The standard InChI is InChI=1S/C24H23N3/c25-18-24(27-21-14-8-3-9-15-21)16-22(19-10-4-1-5-11-19)26-23(17-24)20-12-6-2-7-13-20/h1-15,22-23,26-27H,16-17H2/t22-,23+,24?. The van der Waals surface area contributed by atoms with Gasteiger partial charge in [0.2, 0.25) is 0 Å². The van der Waals surface area contributed by atoms with E-state index in [-0.39, 0.29) is 12.1 Å². The number of nitrogens with one attached hydrogen (secondary N) is 2. The van der Waals surface area contributed by atoms with Gasteiger partial charge in [0.1, 0.15) is 5.54 Å². The maximum Gasteiger partial charge on any atom is 0.129 e. The summed E-state index contributed by atoms with van der Waals surface area (Å²) in [5.74, 6) is 0. The fraction of sp³-hybridized carbons (Fsp3) is 0.208. The number of hydrogen-bond donors (Lipinski definition) is 2. The molecule has 3 aromatic carbocycles. The molecule has 0 bridgehead atoms. The van der Waals surface area contributed by atoms with Crippen molar-refractivity contribution in [2.45, 2.75) is 30.5 Å². The molecule has 3 aromatic rings. The molecule has 0 spiro atoms. The predicted octanol–water partition coefficient (Wildman–Crippen LogP) is 5.23. The number of piperidine rings is 1. The summed E-state index contributed by atoms with van der Waals surface area (Å²) in [5, 5.41) is 17.5. The Morgan fingerprint density at radius 3 is 1.63 bits per heavy atom. The lowest BCUT2D eigenvalue weighted by Gasteiger charge is -2.42. The van der Waals surface area contributed by atoms with E-state index < -0.39 is 5.54 Å². The molecule has 1 heterocycles. The van der Waals surface area contributed by atoms with Gasteiger partial charge in [-0.05, 0) is 23.3 Å². The van der Waals surface area contributed by atoms with Gasteiger partial charge in [-0.25, -0.2) is 0 Å². The summed E-state index contributed by atoms with van der Waals surface area (Å²) in [5.41, 5.74) is 2.79. The molecule has 134 valence electrons. The van der Waals surface area contributed by atoms with Gasteiger partial charge >= 0.3 is 0 Å².